The van der Waals surface area contributed by atoms with Crippen molar-refractivity contribution in [2.75, 3.05) is 25.0 Å². The summed E-state index contributed by atoms with van der Waals surface area (Å²) in [5, 5.41) is 2.64. The molecule has 0 radical (unpaired) electrons. The number of nitrogens with zero attached hydrogens (tertiary/aromatic N) is 1. The van der Waals surface area contributed by atoms with Crippen molar-refractivity contribution in [3.63, 3.8) is 0 Å². The highest BCUT2D eigenvalue weighted by atomic mass is 32.2. The van der Waals surface area contributed by atoms with Crippen LogP contribution in [0.4, 0.5) is 5.69 Å². The maximum Gasteiger partial charge on any atom is 0.348 e. The number of carbonyl (C=O) groups is 2. The molecule has 1 aromatic heterocycles. The third-order valence-corrected chi connectivity index (χ3v) is 7.59. The number of esters is 1. The number of ether oxygens (including phenoxy) is 1. The van der Waals surface area contributed by atoms with Crippen LogP contribution in [0.2, 0.25) is 0 Å². The molecule has 3 rings (SSSR count). The predicted octanol–water partition coefficient (Wildman–Crippen LogP) is 3.34. The van der Waals surface area contributed by atoms with E-state index in [0.717, 1.165) is 29.7 Å². The smallest absolute Gasteiger partial charge is 0.348 e. The molecule has 0 spiro atoms. The Balaban J connectivity index is 1.66. The normalized spacial score (nSPS) is 15.1. The molecule has 1 fully saturated rings. The van der Waals surface area contributed by atoms with E-state index in [-0.39, 0.29) is 4.90 Å². The van der Waals surface area contributed by atoms with Crippen molar-refractivity contribution in [2.24, 2.45) is 0 Å². The van der Waals surface area contributed by atoms with Gasteiger partial charge in [0, 0.05) is 23.7 Å². The van der Waals surface area contributed by atoms with Gasteiger partial charge in [-0.15, -0.1) is 11.3 Å². The molecule has 0 saturated carbocycles. The summed E-state index contributed by atoms with van der Waals surface area (Å²) in [6.45, 7) is 4.22. The average Bonchev–Trinajstić information content (AvgIpc) is 3.15. The SMILES string of the molecule is Cc1ccc(C(=O)OCC(=O)Nc2cc(S(=O)(=O)N3CCCCC3)ccc2C)s1. The molecule has 1 aromatic carbocycles. The van der Waals surface area contributed by atoms with E-state index < -0.39 is 28.5 Å². The van der Waals surface area contributed by atoms with Gasteiger partial charge in [-0.2, -0.15) is 4.31 Å². The summed E-state index contributed by atoms with van der Waals surface area (Å²) in [5.74, 6) is -1.08. The van der Waals surface area contributed by atoms with Crippen molar-refractivity contribution in [2.45, 2.75) is 38.0 Å². The number of anilines is 1. The molecule has 0 atom stereocenters. The largest absolute Gasteiger partial charge is 0.451 e. The van der Waals surface area contributed by atoms with Crippen molar-refractivity contribution in [1.82, 2.24) is 4.31 Å². The van der Waals surface area contributed by atoms with E-state index >= 15 is 0 Å². The third-order valence-electron chi connectivity index (χ3n) is 4.71. The Labute approximate surface area is 174 Å². The second kappa shape index (κ2) is 9.06. The van der Waals surface area contributed by atoms with Crippen molar-refractivity contribution in [1.29, 1.82) is 0 Å². The van der Waals surface area contributed by atoms with Crippen LogP contribution in [0.3, 0.4) is 0 Å². The molecule has 0 bridgehead atoms. The van der Waals surface area contributed by atoms with Gasteiger partial charge in [0.15, 0.2) is 6.61 Å². The Kier molecular flexibility index (Phi) is 6.71. The lowest BCUT2D eigenvalue weighted by atomic mass is 10.2. The van der Waals surface area contributed by atoms with Crippen LogP contribution in [0.1, 0.15) is 39.4 Å². The van der Waals surface area contributed by atoms with Crippen LogP contribution in [0.5, 0.6) is 0 Å². The Bertz CT molecular complexity index is 1010. The molecule has 2 heterocycles. The van der Waals surface area contributed by atoms with Gasteiger partial charge in [0.1, 0.15) is 4.88 Å². The first kappa shape index (κ1) is 21.5. The zero-order chi connectivity index (χ0) is 21.0. The number of amides is 1. The number of hydrogen-bond acceptors (Lipinski definition) is 6. The third kappa shape index (κ3) is 5.23. The topological polar surface area (TPSA) is 92.8 Å². The summed E-state index contributed by atoms with van der Waals surface area (Å²) in [4.78, 5) is 25.7. The van der Waals surface area contributed by atoms with Crippen LogP contribution in [0.25, 0.3) is 0 Å². The lowest BCUT2D eigenvalue weighted by Crippen LogP contribution is -2.35. The van der Waals surface area contributed by atoms with Crippen LogP contribution >= 0.6 is 11.3 Å². The zero-order valence-corrected chi connectivity index (χ0v) is 18.1. The van der Waals surface area contributed by atoms with Crippen LogP contribution in [0.15, 0.2) is 35.2 Å². The summed E-state index contributed by atoms with van der Waals surface area (Å²) >= 11 is 1.29. The number of aryl methyl sites for hydroxylation is 2. The minimum absolute atomic E-state index is 0.145. The fraction of sp³-hybridized carbons (Fsp3) is 0.400. The molecule has 1 amide bonds. The predicted molar refractivity (Wildman–Crippen MR) is 112 cm³/mol. The van der Waals surface area contributed by atoms with E-state index in [1.807, 2.05) is 6.92 Å². The van der Waals surface area contributed by atoms with E-state index in [9.17, 15) is 18.0 Å². The van der Waals surface area contributed by atoms with E-state index in [1.54, 1.807) is 31.2 Å². The van der Waals surface area contributed by atoms with E-state index in [4.69, 9.17) is 4.74 Å². The first-order chi connectivity index (χ1) is 13.8. The van der Waals surface area contributed by atoms with Gasteiger partial charge in [-0.25, -0.2) is 13.2 Å². The number of thiophene rings is 1. The molecule has 1 aliphatic rings. The van der Waals surface area contributed by atoms with Gasteiger partial charge in [-0.1, -0.05) is 12.5 Å². The molecule has 0 aliphatic carbocycles. The highest BCUT2D eigenvalue weighted by molar-refractivity contribution is 7.89. The van der Waals surface area contributed by atoms with Crippen LogP contribution in [-0.4, -0.2) is 44.3 Å². The maximum absolute atomic E-state index is 12.9. The van der Waals surface area contributed by atoms with E-state index in [1.165, 1.54) is 21.7 Å². The Morgan fingerprint density at radius 1 is 1.10 bits per heavy atom. The van der Waals surface area contributed by atoms with Gasteiger partial charge in [0.2, 0.25) is 10.0 Å². The minimum Gasteiger partial charge on any atom is -0.451 e. The Hall–Kier alpha value is -2.23. The molecular weight excluding hydrogens is 412 g/mol. The Morgan fingerprint density at radius 2 is 1.83 bits per heavy atom. The number of carbonyl (C=O) groups excluding carboxylic acids is 2. The monoisotopic (exact) mass is 436 g/mol. The minimum atomic E-state index is -3.60. The second-order valence-electron chi connectivity index (χ2n) is 6.98. The number of piperidine rings is 1. The number of nitrogens with one attached hydrogen (secondary N) is 1. The molecule has 1 N–H and O–H groups in total. The first-order valence-electron chi connectivity index (χ1n) is 9.41. The fourth-order valence-corrected chi connectivity index (χ4v) is 5.39. The van der Waals surface area contributed by atoms with Crippen LogP contribution in [-0.2, 0) is 19.6 Å². The number of hydrogen-bond donors (Lipinski definition) is 1. The number of rotatable bonds is 6. The van der Waals surface area contributed by atoms with Gasteiger partial charge in [-0.05, 0) is 56.5 Å². The van der Waals surface area contributed by atoms with Gasteiger partial charge in [-0.3, -0.25) is 4.79 Å². The van der Waals surface area contributed by atoms with E-state index in [2.05, 4.69) is 5.32 Å². The van der Waals surface area contributed by atoms with Gasteiger partial charge < -0.3 is 10.1 Å². The molecular formula is C20H24N2O5S2. The van der Waals surface area contributed by atoms with Crippen molar-refractivity contribution >= 4 is 38.9 Å². The molecule has 1 saturated heterocycles. The molecule has 156 valence electrons. The van der Waals surface area contributed by atoms with Crippen molar-refractivity contribution in [3.8, 4) is 0 Å². The van der Waals surface area contributed by atoms with Crippen molar-refractivity contribution in [3.05, 3.63) is 45.6 Å². The lowest BCUT2D eigenvalue weighted by molar-refractivity contribution is -0.119. The summed E-state index contributed by atoms with van der Waals surface area (Å²) < 4.78 is 32.2. The number of sulfonamides is 1. The molecule has 1 aliphatic heterocycles. The van der Waals surface area contributed by atoms with Gasteiger partial charge in [0.25, 0.3) is 5.91 Å². The molecule has 0 unspecified atom stereocenters. The second-order valence-corrected chi connectivity index (χ2v) is 10.2. The molecule has 9 heteroatoms. The van der Waals surface area contributed by atoms with Crippen LogP contribution in [0, 0.1) is 13.8 Å². The first-order valence-corrected chi connectivity index (χ1v) is 11.7. The standard InChI is InChI=1S/C20H24N2O5S2/c1-14-6-8-16(29(25,26)22-10-4-3-5-11-22)12-17(14)21-19(23)13-27-20(24)18-9-7-15(2)28-18/h6-9,12H,3-5,10-11,13H2,1-2H3,(H,21,23). The lowest BCUT2D eigenvalue weighted by Gasteiger charge is -2.26. The maximum atomic E-state index is 12.9. The fourth-order valence-electron chi connectivity index (χ4n) is 3.08. The van der Waals surface area contributed by atoms with Gasteiger partial charge >= 0.3 is 5.97 Å². The van der Waals surface area contributed by atoms with Gasteiger partial charge in [0.05, 0.1) is 4.90 Å². The van der Waals surface area contributed by atoms with E-state index in [0.29, 0.717) is 23.7 Å². The summed E-state index contributed by atoms with van der Waals surface area (Å²) in [6, 6.07) is 8.13. The van der Waals surface area contributed by atoms with Crippen LogP contribution < -0.4 is 5.32 Å². The highest BCUT2D eigenvalue weighted by Gasteiger charge is 2.26. The Morgan fingerprint density at radius 3 is 2.48 bits per heavy atom. The van der Waals surface area contributed by atoms with Crippen molar-refractivity contribution < 1.29 is 22.7 Å². The molecule has 29 heavy (non-hydrogen) atoms. The summed E-state index contributed by atoms with van der Waals surface area (Å²) in [5.41, 5.74) is 1.10. The summed E-state index contributed by atoms with van der Waals surface area (Å²) in [6.07, 6.45) is 2.73. The average molecular weight is 437 g/mol. The quantitative estimate of drug-likeness (QED) is 0.701. The number of benzene rings is 1. The summed E-state index contributed by atoms with van der Waals surface area (Å²) in [7, 11) is -3.60. The highest BCUT2D eigenvalue weighted by Crippen LogP contribution is 2.25. The zero-order valence-electron chi connectivity index (χ0n) is 16.4. The molecule has 7 nitrogen and oxygen atoms in total. The molecule has 2 aromatic rings.